The maximum absolute atomic E-state index is 12.6. The number of ether oxygens (including phenoxy) is 1. The van der Waals surface area contributed by atoms with Gasteiger partial charge >= 0.3 is 0 Å². The van der Waals surface area contributed by atoms with E-state index in [0.717, 1.165) is 37.2 Å². The SMILES string of the molecule is COc1cccc(CC(=O)N2CCCC(CNC(=O)C(C)C)C2)c1. The van der Waals surface area contributed by atoms with E-state index in [0.29, 0.717) is 18.9 Å². The monoisotopic (exact) mass is 332 g/mol. The lowest BCUT2D eigenvalue weighted by Crippen LogP contribution is -2.44. The van der Waals surface area contributed by atoms with Gasteiger partial charge in [0.15, 0.2) is 0 Å². The molecule has 1 aliphatic rings. The molecule has 0 spiro atoms. The van der Waals surface area contributed by atoms with Gasteiger partial charge in [-0.2, -0.15) is 0 Å². The lowest BCUT2D eigenvalue weighted by atomic mass is 9.97. The van der Waals surface area contributed by atoms with Gasteiger partial charge in [-0.05, 0) is 36.5 Å². The van der Waals surface area contributed by atoms with Crippen LogP contribution in [0.2, 0.25) is 0 Å². The molecule has 5 nitrogen and oxygen atoms in total. The standard InChI is InChI=1S/C19H28N2O3/c1-14(2)19(23)20-12-16-7-5-9-21(13-16)18(22)11-15-6-4-8-17(10-15)24-3/h4,6,8,10,14,16H,5,7,9,11-13H2,1-3H3,(H,20,23). The number of carbonyl (C=O) groups excluding carboxylic acids is 2. The van der Waals surface area contributed by atoms with Gasteiger partial charge < -0.3 is 15.0 Å². The highest BCUT2D eigenvalue weighted by Gasteiger charge is 2.24. The molecular formula is C19H28N2O3. The molecule has 1 aliphatic heterocycles. The number of likely N-dealkylation sites (tertiary alicyclic amines) is 1. The van der Waals surface area contributed by atoms with Crippen molar-refractivity contribution in [3.8, 4) is 5.75 Å². The Hall–Kier alpha value is -2.04. The third-order valence-corrected chi connectivity index (χ3v) is 4.45. The van der Waals surface area contributed by atoms with Crippen molar-refractivity contribution in [2.45, 2.75) is 33.1 Å². The number of piperidine rings is 1. The summed E-state index contributed by atoms with van der Waals surface area (Å²) in [5.41, 5.74) is 0.967. The Morgan fingerprint density at radius 3 is 2.88 bits per heavy atom. The zero-order chi connectivity index (χ0) is 17.5. The van der Waals surface area contributed by atoms with Crippen molar-refractivity contribution in [1.82, 2.24) is 10.2 Å². The maximum atomic E-state index is 12.6. The quantitative estimate of drug-likeness (QED) is 0.869. The smallest absolute Gasteiger partial charge is 0.227 e. The first-order valence-electron chi connectivity index (χ1n) is 8.68. The Bertz CT molecular complexity index is 571. The minimum Gasteiger partial charge on any atom is -0.497 e. The molecule has 132 valence electrons. The van der Waals surface area contributed by atoms with Crippen molar-refractivity contribution in [2.75, 3.05) is 26.7 Å². The van der Waals surface area contributed by atoms with Crippen LogP contribution in [0.25, 0.3) is 0 Å². The second-order valence-electron chi connectivity index (χ2n) is 6.78. The van der Waals surface area contributed by atoms with Crippen molar-refractivity contribution in [1.29, 1.82) is 0 Å². The zero-order valence-corrected chi connectivity index (χ0v) is 14.9. The molecule has 1 saturated heterocycles. The van der Waals surface area contributed by atoms with Crippen LogP contribution in [-0.4, -0.2) is 43.5 Å². The van der Waals surface area contributed by atoms with Gasteiger partial charge in [0.05, 0.1) is 13.5 Å². The first-order chi connectivity index (χ1) is 11.5. The summed E-state index contributed by atoms with van der Waals surface area (Å²) in [5.74, 6) is 1.33. The molecule has 24 heavy (non-hydrogen) atoms. The molecule has 1 aromatic rings. The minimum absolute atomic E-state index is 0.000568. The van der Waals surface area contributed by atoms with E-state index in [4.69, 9.17) is 4.74 Å². The maximum Gasteiger partial charge on any atom is 0.227 e. The molecule has 0 aliphatic carbocycles. The molecule has 0 aromatic heterocycles. The fourth-order valence-corrected chi connectivity index (χ4v) is 2.98. The summed E-state index contributed by atoms with van der Waals surface area (Å²) in [7, 11) is 1.63. The number of nitrogens with zero attached hydrogens (tertiary/aromatic N) is 1. The number of amides is 2. The summed E-state index contributed by atoms with van der Waals surface area (Å²) in [4.78, 5) is 26.2. The van der Waals surface area contributed by atoms with E-state index in [1.165, 1.54) is 0 Å². The fraction of sp³-hybridized carbons (Fsp3) is 0.579. The van der Waals surface area contributed by atoms with E-state index >= 15 is 0 Å². The number of hydrogen-bond acceptors (Lipinski definition) is 3. The van der Waals surface area contributed by atoms with Crippen LogP contribution in [0.15, 0.2) is 24.3 Å². The number of benzene rings is 1. The van der Waals surface area contributed by atoms with Crippen LogP contribution >= 0.6 is 0 Å². The predicted octanol–water partition coefficient (Wildman–Crippen LogP) is 2.25. The van der Waals surface area contributed by atoms with Gasteiger partial charge in [0.25, 0.3) is 0 Å². The molecular weight excluding hydrogens is 304 g/mol. The number of methoxy groups -OCH3 is 1. The second kappa shape index (κ2) is 8.71. The summed E-state index contributed by atoms with van der Waals surface area (Å²) in [6.07, 6.45) is 2.44. The zero-order valence-electron chi connectivity index (χ0n) is 14.9. The average Bonchev–Trinajstić information content (AvgIpc) is 2.59. The van der Waals surface area contributed by atoms with Crippen molar-refractivity contribution in [3.63, 3.8) is 0 Å². The minimum atomic E-state index is -0.000568. The summed E-state index contributed by atoms with van der Waals surface area (Å²) < 4.78 is 5.21. The summed E-state index contributed by atoms with van der Waals surface area (Å²) in [5, 5.41) is 2.98. The lowest BCUT2D eigenvalue weighted by Gasteiger charge is -2.33. The molecule has 1 N–H and O–H groups in total. The van der Waals surface area contributed by atoms with E-state index in [1.807, 2.05) is 43.0 Å². The van der Waals surface area contributed by atoms with Crippen LogP contribution in [-0.2, 0) is 16.0 Å². The van der Waals surface area contributed by atoms with Gasteiger partial charge in [-0.3, -0.25) is 9.59 Å². The molecule has 1 atom stereocenters. The van der Waals surface area contributed by atoms with Crippen LogP contribution in [0, 0.1) is 11.8 Å². The molecule has 0 bridgehead atoms. The predicted molar refractivity (Wildman–Crippen MR) is 93.8 cm³/mol. The van der Waals surface area contributed by atoms with Crippen LogP contribution in [0.5, 0.6) is 5.75 Å². The Labute approximate surface area is 144 Å². The Morgan fingerprint density at radius 1 is 1.38 bits per heavy atom. The van der Waals surface area contributed by atoms with Gasteiger partial charge in [0.2, 0.25) is 11.8 Å². The van der Waals surface area contributed by atoms with Gasteiger partial charge in [-0.25, -0.2) is 0 Å². The molecule has 5 heteroatoms. The van der Waals surface area contributed by atoms with E-state index in [-0.39, 0.29) is 17.7 Å². The van der Waals surface area contributed by atoms with E-state index in [1.54, 1.807) is 7.11 Å². The van der Waals surface area contributed by atoms with Gasteiger partial charge in [-0.15, -0.1) is 0 Å². The molecule has 1 fully saturated rings. The highest BCUT2D eigenvalue weighted by Crippen LogP contribution is 2.18. The molecule has 1 heterocycles. The number of nitrogens with one attached hydrogen (secondary N) is 1. The van der Waals surface area contributed by atoms with Crippen LogP contribution in [0.4, 0.5) is 0 Å². The van der Waals surface area contributed by atoms with Gasteiger partial charge in [0.1, 0.15) is 5.75 Å². The second-order valence-corrected chi connectivity index (χ2v) is 6.78. The Morgan fingerprint density at radius 2 is 2.17 bits per heavy atom. The number of rotatable bonds is 6. The van der Waals surface area contributed by atoms with Gasteiger partial charge in [0, 0.05) is 25.6 Å². The number of hydrogen-bond donors (Lipinski definition) is 1. The van der Waals surface area contributed by atoms with E-state index in [2.05, 4.69) is 5.32 Å². The van der Waals surface area contributed by atoms with Crippen molar-refractivity contribution in [2.24, 2.45) is 11.8 Å². The third-order valence-electron chi connectivity index (χ3n) is 4.45. The molecule has 1 unspecified atom stereocenters. The Kier molecular flexibility index (Phi) is 6.64. The van der Waals surface area contributed by atoms with E-state index < -0.39 is 0 Å². The topological polar surface area (TPSA) is 58.6 Å². The van der Waals surface area contributed by atoms with Crippen molar-refractivity contribution >= 4 is 11.8 Å². The Balaban J connectivity index is 1.86. The van der Waals surface area contributed by atoms with Crippen molar-refractivity contribution in [3.05, 3.63) is 29.8 Å². The summed E-state index contributed by atoms with van der Waals surface area (Å²) in [6, 6.07) is 7.64. The van der Waals surface area contributed by atoms with Gasteiger partial charge in [-0.1, -0.05) is 26.0 Å². The third kappa shape index (κ3) is 5.25. The normalized spacial score (nSPS) is 17.7. The first kappa shape index (κ1) is 18.3. The number of carbonyl (C=O) groups is 2. The molecule has 2 rings (SSSR count). The van der Waals surface area contributed by atoms with Crippen LogP contribution in [0.1, 0.15) is 32.3 Å². The lowest BCUT2D eigenvalue weighted by molar-refractivity contribution is -0.132. The highest BCUT2D eigenvalue weighted by molar-refractivity contribution is 5.79. The fourth-order valence-electron chi connectivity index (χ4n) is 2.98. The van der Waals surface area contributed by atoms with Crippen molar-refractivity contribution < 1.29 is 14.3 Å². The molecule has 0 saturated carbocycles. The summed E-state index contributed by atoms with van der Waals surface area (Å²) >= 11 is 0. The molecule has 1 aromatic carbocycles. The molecule has 0 radical (unpaired) electrons. The van der Waals surface area contributed by atoms with Crippen LogP contribution < -0.4 is 10.1 Å². The largest absolute Gasteiger partial charge is 0.497 e. The molecule has 2 amide bonds. The van der Waals surface area contributed by atoms with E-state index in [9.17, 15) is 9.59 Å². The average molecular weight is 332 g/mol. The highest BCUT2D eigenvalue weighted by atomic mass is 16.5. The summed E-state index contributed by atoms with van der Waals surface area (Å²) in [6.45, 7) is 5.96. The first-order valence-corrected chi connectivity index (χ1v) is 8.68. The van der Waals surface area contributed by atoms with Crippen LogP contribution in [0.3, 0.4) is 0 Å².